The van der Waals surface area contributed by atoms with Crippen LogP contribution in [0.3, 0.4) is 0 Å². The van der Waals surface area contributed by atoms with Crippen molar-refractivity contribution in [3.05, 3.63) is 24.5 Å². The molecule has 2 aromatic rings. The van der Waals surface area contributed by atoms with E-state index < -0.39 is 10.0 Å². The van der Waals surface area contributed by atoms with Gasteiger partial charge in [-0.15, -0.1) is 0 Å². The van der Waals surface area contributed by atoms with Crippen LogP contribution in [0, 0.1) is 0 Å². The van der Waals surface area contributed by atoms with Crippen molar-refractivity contribution < 1.29 is 17.9 Å². The predicted molar refractivity (Wildman–Crippen MR) is 109 cm³/mol. The largest absolute Gasteiger partial charge is 0.376 e. The molecule has 0 aliphatic carbocycles. The lowest BCUT2D eigenvalue weighted by molar-refractivity contribution is -0.121. The lowest BCUT2D eigenvalue weighted by atomic mass is 10.2. The molecular formula is C20H28N4O4S. The number of fused-ring (bicyclic) bond motifs is 1. The fourth-order valence-corrected chi connectivity index (χ4v) is 5.52. The number of nitrogens with zero attached hydrogens (tertiary/aromatic N) is 3. The molecule has 9 heteroatoms. The number of carbonyl (C=O) groups is 1. The minimum Gasteiger partial charge on any atom is -0.376 e. The Labute approximate surface area is 171 Å². The van der Waals surface area contributed by atoms with E-state index in [4.69, 9.17) is 4.74 Å². The highest BCUT2D eigenvalue weighted by Crippen LogP contribution is 2.24. The van der Waals surface area contributed by atoms with E-state index in [0.29, 0.717) is 38.1 Å². The summed E-state index contributed by atoms with van der Waals surface area (Å²) < 4.78 is 34.7. The second kappa shape index (κ2) is 8.81. The van der Waals surface area contributed by atoms with Crippen LogP contribution in [0.4, 0.5) is 0 Å². The van der Waals surface area contributed by atoms with E-state index in [0.717, 1.165) is 44.2 Å². The Morgan fingerprint density at radius 1 is 1.21 bits per heavy atom. The van der Waals surface area contributed by atoms with Gasteiger partial charge in [0.25, 0.3) is 0 Å². The molecule has 0 bridgehead atoms. The quantitative estimate of drug-likeness (QED) is 0.738. The number of ether oxygens (including phenoxy) is 1. The maximum absolute atomic E-state index is 12.9. The number of piperidine rings is 1. The Morgan fingerprint density at radius 3 is 2.79 bits per heavy atom. The van der Waals surface area contributed by atoms with Crippen LogP contribution in [-0.4, -0.2) is 60.5 Å². The van der Waals surface area contributed by atoms with Crippen LogP contribution in [0.5, 0.6) is 0 Å². The van der Waals surface area contributed by atoms with Gasteiger partial charge < -0.3 is 14.6 Å². The molecule has 8 nitrogen and oxygen atoms in total. The number of benzene rings is 1. The number of hydrogen-bond donors (Lipinski definition) is 1. The third-order valence-corrected chi connectivity index (χ3v) is 7.57. The van der Waals surface area contributed by atoms with Crippen molar-refractivity contribution in [2.24, 2.45) is 0 Å². The van der Waals surface area contributed by atoms with Gasteiger partial charge in [0, 0.05) is 39.2 Å². The molecule has 4 rings (SSSR count). The van der Waals surface area contributed by atoms with E-state index >= 15 is 0 Å². The number of aromatic nitrogens is 2. The molecule has 0 unspecified atom stereocenters. The topological polar surface area (TPSA) is 93.5 Å². The molecule has 1 atom stereocenters. The van der Waals surface area contributed by atoms with Gasteiger partial charge in [-0.25, -0.2) is 13.4 Å². The van der Waals surface area contributed by atoms with Gasteiger partial charge in [-0.3, -0.25) is 4.79 Å². The molecule has 2 aliphatic rings. The maximum atomic E-state index is 12.9. The standard InChI is InChI=1S/C20H28N4O4S/c25-20(21-14-16-5-4-12-28-16)8-11-23-15-22-18-13-17(6-7-19(18)23)29(26,27)24-9-2-1-3-10-24/h6-7,13,15-16H,1-5,8-12,14H2,(H,21,25)/t16-/m1/s1. The fourth-order valence-electron chi connectivity index (χ4n) is 3.98. The lowest BCUT2D eigenvalue weighted by Gasteiger charge is -2.25. The third kappa shape index (κ3) is 4.62. The van der Waals surface area contributed by atoms with Crippen molar-refractivity contribution in [2.75, 3.05) is 26.2 Å². The van der Waals surface area contributed by atoms with Gasteiger partial charge in [-0.2, -0.15) is 4.31 Å². The number of aryl methyl sites for hydroxylation is 1. The molecule has 158 valence electrons. The molecule has 0 saturated carbocycles. The van der Waals surface area contributed by atoms with Crippen molar-refractivity contribution in [3.63, 3.8) is 0 Å². The van der Waals surface area contributed by atoms with E-state index in [1.165, 1.54) is 0 Å². The normalized spacial score (nSPS) is 20.9. The zero-order valence-electron chi connectivity index (χ0n) is 16.5. The summed E-state index contributed by atoms with van der Waals surface area (Å²) in [6, 6.07) is 5.05. The van der Waals surface area contributed by atoms with Crippen molar-refractivity contribution in [3.8, 4) is 0 Å². The summed E-state index contributed by atoms with van der Waals surface area (Å²) in [7, 11) is -3.48. The molecule has 2 saturated heterocycles. The second-order valence-electron chi connectivity index (χ2n) is 7.74. The zero-order chi connectivity index (χ0) is 20.3. The summed E-state index contributed by atoms with van der Waals surface area (Å²) >= 11 is 0. The number of carbonyl (C=O) groups excluding carboxylic acids is 1. The Bertz CT molecular complexity index is 960. The highest BCUT2D eigenvalue weighted by Gasteiger charge is 2.26. The first-order chi connectivity index (χ1) is 14.0. The summed E-state index contributed by atoms with van der Waals surface area (Å²) in [5.41, 5.74) is 1.46. The van der Waals surface area contributed by atoms with Crippen LogP contribution in [0.2, 0.25) is 0 Å². The molecule has 0 spiro atoms. The number of imidazole rings is 1. The zero-order valence-corrected chi connectivity index (χ0v) is 17.4. The lowest BCUT2D eigenvalue weighted by Crippen LogP contribution is -2.35. The van der Waals surface area contributed by atoms with Gasteiger partial charge >= 0.3 is 0 Å². The van der Waals surface area contributed by atoms with Crippen LogP contribution in [0.25, 0.3) is 11.0 Å². The molecule has 2 fully saturated rings. The van der Waals surface area contributed by atoms with Crippen LogP contribution in [-0.2, 0) is 26.1 Å². The monoisotopic (exact) mass is 420 g/mol. The first kappa shape index (κ1) is 20.3. The van der Waals surface area contributed by atoms with Gasteiger partial charge in [-0.05, 0) is 43.9 Å². The molecule has 1 amide bonds. The molecule has 0 radical (unpaired) electrons. The summed E-state index contributed by atoms with van der Waals surface area (Å²) in [5.74, 6) is -0.0216. The number of hydrogen-bond acceptors (Lipinski definition) is 5. The van der Waals surface area contributed by atoms with Crippen molar-refractivity contribution in [1.29, 1.82) is 0 Å². The average Bonchev–Trinajstić information content (AvgIpc) is 3.40. The van der Waals surface area contributed by atoms with Crippen molar-refractivity contribution in [1.82, 2.24) is 19.2 Å². The molecule has 3 heterocycles. The molecule has 1 N–H and O–H groups in total. The minimum atomic E-state index is -3.48. The van der Waals surface area contributed by atoms with Crippen LogP contribution in [0.15, 0.2) is 29.4 Å². The minimum absolute atomic E-state index is 0.0216. The van der Waals surface area contributed by atoms with Gasteiger partial charge in [-0.1, -0.05) is 6.42 Å². The smallest absolute Gasteiger partial charge is 0.243 e. The summed E-state index contributed by atoms with van der Waals surface area (Å²) in [6.45, 7) is 2.98. The van der Waals surface area contributed by atoms with E-state index in [-0.39, 0.29) is 16.9 Å². The van der Waals surface area contributed by atoms with E-state index in [9.17, 15) is 13.2 Å². The Balaban J connectivity index is 1.39. The van der Waals surface area contributed by atoms with Crippen molar-refractivity contribution >= 4 is 27.0 Å². The van der Waals surface area contributed by atoms with Gasteiger partial charge in [0.05, 0.1) is 28.4 Å². The van der Waals surface area contributed by atoms with Crippen LogP contribution < -0.4 is 5.32 Å². The summed E-state index contributed by atoms with van der Waals surface area (Å²) in [4.78, 5) is 16.7. The summed E-state index contributed by atoms with van der Waals surface area (Å²) in [6.07, 6.45) is 7.08. The molecule has 1 aromatic carbocycles. The van der Waals surface area contributed by atoms with Crippen LogP contribution in [0.1, 0.15) is 38.5 Å². The number of nitrogens with one attached hydrogen (secondary N) is 1. The first-order valence-corrected chi connectivity index (χ1v) is 11.8. The number of rotatable bonds is 7. The van der Waals surface area contributed by atoms with Gasteiger partial charge in [0.15, 0.2) is 0 Å². The van der Waals surface area contributed by atoms with Gasteiger partial charge in [0.1, 0.15) is 0 Å². The second-order valence-corrected chi connectivity index (χ2v) is 9.68. The van der Waals surface area contributed by atoms with E-state index in [1.54, 1.807) is 28.8 Å². The molecule has 1 aromatic heterocycles. The third-order valence-electron chi connectivity index (χ3n) is 5.68. The summed E-state index contributed by atoms with van der Waals surface area (Å²) in [5, 5.41) is 2.92. The Hall–Kier alpha value is -1.97. The Morgan fingerprint density at radius 2 is 2.03 bits per heavy atom. The SMILES string of the molecule is O=C(CCn1cnc2cc(S(=O)(=O)N3CCCCC3)ccc21)NC[C@H]1CCCO1. The van der Waals surface area contributed by atoms with Crippen LogP contribution >= 0.6 is 0 Å². The first-order valence-electron chi connectivity index (χ1n) is 10.4. The molecule has 2 aliphatic heterocycles. The number of amides is 1. The van der Waals surface area contributed by atoms with Gasteiger partial charge in [0.2, 0.25) is 15.9 Å². The maximum Gasteiger partial charge on any atom is 0.243 e. The van der Waals surface area contributed by atoms with Crippen molar-refractivity contribution in [2.45, 2.75) is 56.1 Å². The van der Waals surface area contributed by atoms with E-state index in [1.807, 2.05) is 4.57 Å². The number of sulfonamides is 1. The average molecular weight is 421 g/mol. The predicted octanol–water partition coefficient (Wildman–Crippen LogP) is 1.90. The molecular weight excluding hydrogens is 392 g/mol. The van der Waals surface area contributed by atoms with E-state index in [2.05, 4.69) is 10.3 Å². The fraction of sp³-hybridized carbons (Fsp3) is 0.600. The molecule has 29 heavy (non-hydrogen) atoms. The Kier molecular flexibility index (Phi) is 6.17. The highest BCUT2D eigenvalue weighted by atomic mass is 32.2. The highest BCUT2D eigenvalue weighted by molar-refractivity contribution is 7.89.